The van der Waals surface area contributed by atoms with Gasteiger partial charge in [-0.2, -0.15) is 0 Å². The van der Waals surface area contributed by atoms with Gasteiger partial charge in [-0.05, 0) is 56.9 Å². The molecule has 2 nitrogen and oxygen atoms in total. The minimum Gasteiger partial charge on any atom is -0.252 e. The number of aryl methyl sites for hydroxylation is 3. The van der Waals surface area contributed by atoms with Gasteiger partial charge in [0.15, 0.2) is 0 Å². The quantitative estimate of drug-likeness (QED) is 0.343. The highest BCUT2D eigenvalue weighted by Gasteiger charge is 2.15. The molecule has 1 aromatic heterocycles. The van der Waals surface area contributed by atoms with Crippen molar-refractivity contribution in [3.05, 3.63) is 89.6 Å². The van der Waals surface area contributed by atoms with Crippen LogP contribution in [0.15, 0.2) is 77.8 Å². The van der Waals surface area contributed by atoms with Gasteiger partial charge in [0.05, 0.1) is 23.3 Å². The summed E-state index contributed by atoms with van der Waals surface area (Å²) in [4.78, 5) is 11.2. The molecule has 0 aliphatic rings. The first-order valence-electron chi connectivity index (χ1n) is 9.71. The second-order valence-electron chi connectivity index (χ2n) is 7.37. The topological polar surface area (TPSA) is 25.8 Å². The standard InChI is InChI=1S/C26H24N2S/c1-17-7-5-8-20(13-17)25-26(21-9-6-10-22(15-21)29-4)28-24(16-27-25)23-14-18(2)11-12-19(23)3/h5-16H,1-4H3. The SMILES string of the molecule is CSc1cccc(-c2nc(-c3cc(C)ccc3C)cnc2-c2cccc(C)c2)c1. The molecular formula is C26H24N2S. The molecule has 0 aliphatic carbocycles. The van der Waals surface area contributed by atoms with E-state index in [-0.39, 0.29) is 0 Å². The zero-order valence-electron chi connectivity index (χ0n) is 17.2. The normalized spacial score (nSPS) is 10.9. The molecule has 0 N–H and O–H groups in total. The molecular weight excluding hydrogens is 372 g/mol. The maximum Gasteiger partial charge on any atom is 0.0973 e. The van der Waals surface area contributed by atoms with Crippen molar-refractivity contribution >= 4 is 11.8 Å². The summed E-state index contributed by atoms with van der Waals surface area (Å²) in [5, 5.41) is 0. The van der Waals surface area contributed by atoms with Crippen LogP contribution in [0.25, 0.3) is 33.8 Å². The Morgan fingerprint density at radius 2 is 1.45 bits per heavy atom. The van der Waals surface area contributed by atoms with Crippen LogP contribution in [0.2, 0.25) is 0 Å². The van der Waals surface area contributed by atoms with E-state index in [1.165, 1.54) is 21.6 Å². The number of nitrogens with zero attached hydrogens (tertiary/aromatic N) is 2. The van der Waals surface area contributed by atoms with E-state index in [0.29, 0.717) is 0 Å². The molecule has 0 bridgehead atoms. The fraction of sp³-hybridized carbons (Fsp3) is 0.154. The number of rotatable bonds is 4. The molecule has 3 heteroatoms. The van der Waals surface area contributed by atoms with Crippen LogP contribution >= 0.6 is 11.8 Å². The van der Waals surface area contributed by atoms with Gasteiger partial charge in [-0.25, -0.2) is 4.98 Å². The van der Waals surface area contributed by atoms with Crippen molar-refractivity contribution in [3.8, 4) is 33.8 Å². The molecule has 0 amide bonds. The first kappa shape index (κ1) is 19.4. The van der Waals surface area contributed by atoms with Crippen molar-refractivity contribution in [3.63, 3.8) is 0 Å². The van der Waals surface area contributed by atoms with E-state index in [1.807, 2.05) is 6.20 Å². The van der Waals surface area contributed by atoms with Crippen LogP contribution in [0.5, 0.6) is 0 Å². The summed E-state index contributed by atoms with van der Waals surface area (Å²) < 4.78 is 0. The van der Waals surface area contributed by atoms with Gasteiger partial charge in [-0.1, -0.05) is 53.6 Å². The molecule has 0 aliphatic heterocycles. The van der Waals surface area contributed by atoms with E-state index < -0.39 is 0 Å². The summed E-state index contributed by atoms with van der Waals surface area (Å²) in [5.41, 5.74) is 9.71. The Bertz CT molecular complexity index is 1180. The molecule has 0 unspecified atom stereocenters. The summed E-state index contributed by atoms with van der Waals surface area (Å²) in [5.74, 6) is 0. The molecule has 0 fully saturated rings. The first-order valence-corrected chi connectivity index (χ1v) is 10.9. The Labute approximate surface area is 177 Å². The molecule has 1 heterocycles. The monoisotopic (exact) mass is 396 g/mol. The Morgan fingerprint density at radius 3 is 2.21 bits per heavy atom. The van der Waals surface area contributed by atoms with Gasteiger partial charge < -0.3 is 0 Å². The van der Waals surface area contributed by atoms with Crippen LogP contribution in [0.3, 0.4) is 0 Å². The summed E-state index contributed by atoms with van der Waals surface area (Å²) in [7, 11) is 0. The third-order valence-corrected chi connectivity index (χ3v) is 5.80. The van der Waals surface area contributed by atoms with Gasteiger partial charge in [-0.3, -0.25) is 4.98 Å². The fourth-order valence-corrected chi connectivity index (χ4v) is 3.97. The highest BCUT2D eigenvalue weighted by molar-refractivity contribution is 7.98. The zero-order chi connectivity index (χ0) is 20.4. The lowest BCUT2D eigenvalue weighted by Crippen LogP contribution is -1.98. The summed E-state index contributed by atoms with van der Waals surface area (Å²) in [6.07, 6.45) is 4.00. The number of hydrogen-bond donors (Lipinski definition) is 0. The molecule has 4 rings (SSSR count). The second kappa shape index (κ2) is 8.22. The maximum atomic E-state index is 5.12. The van der Waals surface area contributed by atoms with Crippen LogP contribution in [0.1, 0.15) is 16.7 Å². The largest absolute Gasteiger partial charge is 0.252 e. The van der Waals surface area contributed by atoms with Crippen LogP contribution < -0.4 is 0 Å². The van der Waals surface area contributed by atoms with Crippen molar-refractivity contribution in [1.82, 2.24) is 9.97 Å². The van der Waals surface area contributed by atoms with Gasteiger partial charge in [0.1, 0.15) is 0 Å². The first-order chi connectivity index (χ1) is 14.0. The molecule has 0 spiro atoms. The van der Waals surface area contributed by atoms with Gasteiger partial charge in [0.25, 0.3) is 0 Å². The van der Waals surface area contributed by atoms with E-state index in [0.717, 1.165) is 33.8 Å². The van der Waals surface area contributed by atoms with Crippen LogP contribution in [-0.2, 0) is 0 Å². The van der Waals surface area contributed by atoms with Crippen molar-refractivity contribution in [2.24, 2.45) is 0 Å². The van der Waals surface area contributed by atoms with Gasteiger partial charge >= 0.3 is 0 Å². The zero-order valence-corrected chi connectivity index (χ0v) is 18.0. The van der Waals surface area contributed by atoms with E-state index in [9.17, 15) is 0 Å². The number of thioether (sulfide) groups is 1. The number of aromatic nitrogens is 2. The van der Waals surface area contributed by atoms with E-state index in [2.05, 4.69) is 93.8 Å². The third kappa shape index (κ3) is 4.10. The fourth-order valence-electron chi connectivity index (χ4n) is 3.51. The van der Waals surface area contributed by atoms with Crippen LogP contribution in [0.4, 0.5) is 0 Å². The lowest BCUT2D eigenvalue weighted by molar-refractivity contribution is 1.20. The molecule has 0 radical (unpaired) electrons. The van der Waals surface area contributed by atoms with Crippen molar-refractivity contribution in [2.75, 3.05) is 6.26 Å². The highest BCUT2D eigenvalue weighted by Crippen LogP contribution is 2.33. The predicted molar refractivity (Wildman–Crippen MR) is 124 cm³/mol. The molecule has 4 aromatic rings. The molecule has 3 aromatic carbocycles. The minimum atomic E-state index is 0.909. The summed E-state index contributed by atoms with van der Waals surface area (Å²) >= 11 is 1.74. The molecule has 0 saturated carbocycles. The lowest BCUT2D eigenvalue weighted by atomic mass is 10.00. The van der Waals surface area contributed by atoms with Crippen LogP contribution in [-0.4, -0.2) is 16.2 Å². The van der Waals surface area contributed by atoms with Crippen molar-refractivity contribution < 1.29 is 0 Å². The van der Waals surface area contributed by atoms with Gasteiger partial charge in [0, 0.05) is 21.6 Å². The van der Waals surface area contributed by atoms with Crippen molar-refractivity contribution in [2.45, 2.75) is 25.7 Å². The molecule has 29 heavy (non-hydrogen) atoms. The Balaban J connectivity index is 1.96. The average molecular weight is 397 g/mol. The van der Waals surface area contributed by atoms with Crippen LogP contribution in [0, 0.1) is 20.8 Å². The predicted octanol–water partition coefficient (Wildman–Crippen LogP) is 7.12. The summed E-state index contributed by atoms with van der Waals surface area (Å²) in [6.45, 7) is 6.34. The molecule has 0 saturated heterocycles. The molecule has 144 valence electrons. The Morgan fingerprint density at radius 1 is 0.724 bits per heavy atom. The third-order valence-electron chi connectivity index (χ3n) is 5.08. The van der Waals surface area contributed by atoms with Crippen molar-refractivity contribution in [1.29, 1.82) is 0 Å². The van der Waals surface area contributed by atoms with Gasteiger partial charge in [-0.15, -0.1) is 11.8 Å². The average Bonchev–Trinajstić information content (AvgIpc) is 2.75. The number of benzene rings is 3. The van der Waals surface area contributed by atoms with Gasteiger partial charge in [0.2, 0.25) is 0 Å². The number of hydrogen-bond acceptors (Lipinski definition) is 3. The van der Waals surface area contributed by atoms with E-state index in [1.54, 1.807) is 11.8 Å². The smallest absolute Gasteiger partial charge is 0.0973 e. The highest BCUT2D eigenvalue weighted by atomic mass is 32.2. The second-order valence-corrected chi connectivity index (χ2v) is 8.25. The lowest BCUT2D eigenvalue weighted by Gasteiger charge is -2.13. The van der Waals surface area contributed by atoms with E-state index >= 15 is 0 Å². The molecule has 0 atom stereocenters. The Hall–Kier alpha value is -2.91. The maximum absolute atomic E-state index is 5.12. The summed E-state index contributed by atoms with van der Waals surface area (Å²) in [6, 6.07) is 23.5. The minimum absolute atomic E-state index is 0.909. The Kier molecular flexibility index (Phi) is 5.50. The van der Waals surface area contributed by atoms with E-state index in [4.69, 9.17) is 9.97 Å².